The van der Waals surface area contributed by atoms with Gasteiger partial charge in [0, 0.05) is 10.4 Å². The van der Waals surface area contributed by atoms with Crippen LogP contribution in [0.25, 0.3) is 0 Å². The van der Waals surface area contributed by atoms with Crippen LogP contribution in [0.3, 0.4) is 0 Å². The number of aliphatic imine (C=N–C) groups is 1. The fourth-order valence-corrected chi connectivity index (χ4v) is 2.29. The van der Waals surface area contributed by atoms with Gasteiger partial charge in [-0.25, -0.2) is 4.39 Å². The van der Waals surface area contributed by atoms with E-state index in [1.807, 2.05) is 6.07 Å². The second kappa shape index (κ2) is 3.85. The highest BCUT2D eigenvalue weighted by Gasteiger charge is 2.27. The molecule has 1 aliphatic heterocycles. The SMILES string of the molecule is CC1(C)CN=C(Nc2cccc(F)c2)S1. The molecule has 0 atom stereocenters. The second-order valence-electron chi connectivity index (χ2n) is 4.12. The molecule has 0 bridgehead atoms. The van der Waals surface area contributed by atoms with Crippen molar-refractivity contribution >= 4 is 22.6 Å². The fraction of sp³-hybridized carbons (Fsp3) is 0.364. The van der Waals surface area contributed by atoms with Crippen molar-refractivity contribution in [2.24, 2.45) is 4.99 Å². The van der Waals surface area contributed by atoms with Gasteiger partial charge in [-0.1, -0.05) is 17.8 Å². The van der Waals surface area contributed by atoms with Crippen molar-refractivity contribution in [2.45, 2.75) is 18.6 Å². The molecule has 0 aliphatic carbocycles. The fourth-order valence-electron chi connectivity index (χ4n) is 1.34. The zero-order chi connectivity index (χ0) is 10.9. The number of anilines is 1. The van der Waals surface area contributed by atoms with Gasteiger partial charge >= 0.3 is 0 Å². The Balaban J connectivity index is 2.05. The molecule has 1 N–H and O–H groups in total. The van der Waals surface area contributed by atoms with E-state index in [-0.39, 0.29) is 10.6 Å². The van der Waals surface area contributed by atoms with Crippen LogP contribution in [0.2, 0.25) is 0 Å². The molecule has 2 rings (SSSR count). The van der Waals surface area contributed by atoms with E-state index in [4.69, 9.17) is 0 Å². The molecule has 1 aliphatic rings. The molecule has 2 nitrogen and oxygen atoms in total. The average Bonchev–Trinajstić information content (AvgIpc) is 2.45. The molecule has 0 aromatic heterocycles. The van der Waals surface area contributed by atoms with Crippen LogP contribution in [-0.2, 0) is 0 Å². The first-order chi connectivity index (χ1) is 7.05. The largest absolute Gasteiger partial charge is 0.335 e. The first-order valence-corrected chi connectivity index (χ1v) is 5.63. The van der Waals surface area contributed by atoms with Crippen LogP contribution in [-0.4, -0.2) is 16.5 Å². The Kier molecular flexibility index (Phi) is 2.69. The molecule has 1 aromatic carbocycles. The van der Waals surface area contributed by atoms with Gasteiger partial charge in [-0.15, -0.1) is 0 Å². The highest BCUT2D eigenvalue weighted by molar-refractivity contribution is 8.15. The Labute approximate surface area is 93.0 Å². The Morgan fingerprint density at radius 3 is 2.87 bits per heavy atom. The molecule has 80 valence electrons. The standard InChI is InChI=1S/C11H13FN2S/c1-11(2)7-13-10(15-11)14-9-5-3-4-8(12)6-9/h3-6H,7H2,1-2H3,(H,13,14). The average molecular weight is 224 g/mol. The predicted octanol–water partition coefficient (Wildman–Crippen LogP) is 3.12. The smallest absolute Gasteiger partial charge is 0.161 e. The van der Waals surface area contributed by atoms with Crippen LogP contribution in [0.5, 0.6) is 0 Å². The summed E-state index contributed by atoms with van der Waals surface area (Å²) in [5, 5.41) is 3.98. The topological polar surface area (TPSA) is 24.4 Å². The van der Waals surface area contributed by atoms with Gasteiger partial charge in [-0.05, 0) is 32.0 Å². The third kappa shape index (κ3) is 2.72. The normalized spacial score (nSPS) is 18.7. The van der Waals surface area contributed by atoms with Crippen molar-refractivity contribution in [3.05, 3.63) is 30.1 Å². The van der Waals surface area contributed by atoms with E-state index in [0.29, 0.717) is 0 Å². The lowest BCUT2D eigenvalue weighted by Gasteiger charge is -2.14. The van der Waals surface area contributed by atoms with Gasteiger partial charge in [0.2, 0.25) is 0 Å². The van der Waals surface area contributed by atoms with Crippen LogP contribution >= 0.6 is 11.8 Å². The van der Waals surface area contributed by atoms with Gasteiger partial charge in [-0.3, -0.25) is 4.99 Å². The summed E-state index contributed by atoms with van der Waals surface area (Å²) >= 11 is 1.68. The summed E-state index contributed by atoms with van der Waals surface area (Å²) in [7, 11) is 0. The lowest BCUT2D eigenvalue weighted by Crippen LogP contribution is -2.16. The Morgan fingerprint density at radius 1 is 1.47 bits per heavy atom. The molecule has 0 saturated heterocycles. The lowest BCUT2D eigenvalue weighted by atomic mass is 10.2. The first-order valence-electron chi connectivity index (χ1n) is 4.81. The highest BCUT2D eigenvalue weighted by Crippen LogP contribution is 2.32. The van der Waals surface area contributed by atoms with Crippen molar-refractivity contribution in [3.63, 3.8) is 0 Å². The number of nitrogens with one attached hydrogen (secondary N) is 1. The monoisotopic (exact) mass is 224 g/mol. The van der Waals surface area contributed by atoms with Gasteiger partial charge in [-0.2, -0.15) is 0 Å². The first kappa shape index (κ1) is 10.5. The van der Waals surface area contributed by atoms with E-state index >= 15 is 0 Å². The zero-order valence-electron chi connectivity index (χ0n) is 8.75. The van der Waals surface area contributed by atoms with Crippen LogP contribution in [0, 0.1) is 5.82 Å². The summed E-state index contributed by atoms with van der Waals surface area (Å²) in [6.07, 6.45) is 0. The molecule has 1 heterocycles. The number of hydrogen-bond donors (Lipinski definition) is 1. The van der Waals surface area contributed by atoms with Crippen LogP contribution in [0.4, 0.5) is 10.1 Å². The molecule has 0 fully saturated rings. The van der Waals surface area contributed by atoms with Crippen molar-refractivity contribution < 1.29 is 4.39 Å². The molecular formula is C11H13FN2S. The zero-order valence-corrected chi connectivity index (χ0v) is 9.57. The van der Waals surface area contributed by atoms with E-state index < -0.39 is 0 Å². The van der Waals surface area contributed by atoms with E-state index in [1.165, 1.54) is 12.1 Å². The maximum Gasteiger partial charge on any atom is 0.161 e. The summed E-state index contributed by atoms with van der Waals surface area (Å²) in [6.45, 7) is 5.08. The molecule has 0 spiro atoms. The number of benzene rings is 1. The van der Waals surface area contributed by atoms with E-state index in [2.05, 4.69) is 24.2 Å². The summed E-state index contributed by atoms with van der Waals surface area (Å²) in [5.41, 5.74) is 0.749. The van der Waals surface area contributed by atoms with Gasteiger partial charge in [0.25, 0.3) is 0 Å². The van der Waals surface area contributed by atoms with Gasteiger partial charge in [0.05, 0.1) is 6.54 Å². The second-order valence-corrected chi connectivity index (χ2v) is 5.81. The third-order valence-electron chi connectivity index (χ3n) is 2.05. The van der Waals surface area contributed by atoms with Crippen LogP contribution < -0.4 is 5.32 Å². The predicted molar refractivity (Wildman–Crippen MR) is 64.0 cm³/mol. The van der Waals surface area contributed by atoms with Gasteiger partial charge in [0.1, 0.15) is 5.82 Å². The molecular weight excluding hydrogens is 211 g/mol. The number of amidine groups is 1. The third-order valence-corrected chi connectivity index (χ3v) is 3.16. The quantitative estimate of drug-likeness (QED) is 0.792. The van der Waals surface area contributed by atoms with Gasteiger partial charge < -0.3 is 5.32 Å². The molecule has 4 heteroatoms. The summed E-state index contributed by atoms with van der Waals surface area (Å²) in [6, 6.07) is 6.41. The molecule has 1 aromatic rings. The Hall–Kier alpha value is -1.03. The number of thioether (sulfide) groups is 1. The molecule has 0 unspecified atom stereocenters. The van der Waals surface area contributed by atoms with Crippen molar-refractivity contribution in [2.75, 3.05) is 11.9 Å². The minimum Gasteiger partial charge on any atom is -0.335 e. The van der Waals surface area contributed by atoms with Crippen molar-refractivity contribution in [3.8, 4) is 0 Å². The lowest BCUT2D eigenvalue weighted by molar-refractivity contribution is 0.628. The minimum absolute atomic E-state index is 0.148. The summed E-state index contributed by atoms with van der Waals surface area (Å²) < 4.78 is 13.1. The molecule has 0 radical (unpaired) electrons. The molecule has 0 saturated carbocycles. The Bertz CT molecular complexity index is 401. The molecule has 15 heavy (non-hydrogen) atoms. The summed E-state index contributed by atoms with van der Waals surface area (Å²) in [5.74, 6) is -0.233. The van der Waals surface area contributed by atoms with Crippen LogP contribution in [0.1, 0.15) is 13.8 Å². The van der Waals surface area contributed by atoms with E-state index in [0.717, 1.165) is 17.4 Å². The minimum atomic E-state index is -0.233. The van der Waals surface area contributed by atoms with Gasteiger partial charge in [0.15, 0.2) is 5.17 Å². The highest BCUT2D eigenvalue weighted by atomic mass is 32.2. The molecule has 0 amide bonds. The number of rotatable bonds is 1. The number of halogens is 1. The van der Waals surface area contributed by atoms with E-state index in [1.54, 1.807) is 17.8 Å². The maximum absolute atomic E-state index is 12.9. The number of nitrogens with zero attached hydrogens (tertiary/aromatic N) is 1. The Morgan fingerprint density at radius 2 is 2.27 bits per heavy atom. The van der Waals surface area contributed by atoms with E-state index in [9.17, 15) is 4.39 Å². The number of hydrogen-bond acceptors (Lipinski definition) is 3. The summed E-state index contributed by atoms with van der Waals surface area (Å²) in [4.78, 5) is 4.36. The van der Waals surface area contributed by atoms with Crippen LogP contribution in [0.15, 0.2) is 29.3 Å². The maximum atomic E-state index is 12.9. The van der Waals surface area contributed by atoms with Crippen molar-refractivity contribution in [1.29, 1.82) is 0 Å². The van der Waals surface area contributed by atoms with Crippen molar-refractivity contribution in [1.82, 2.24) is 0 Å².